The van der Waals surface area contributed by atoms with Crippen molar-refractivity contribution in [2.75, 3.05) is 6.54 Å². The zero-order chi connectivity index (χ0) is 13.7. The quantitative estimate of drug-likeness (QED) is 0.765. The summed E-state index contributed by atoms with van der Waals surface area (Å²) in [6.07, 6.45) is 1.02. The summed E-state index contributed by atoms with van der Waals surface area (Å²) < 4.78 is 15.2. The lowest BCUT2D eigenvalue weighted by Crippen LogP contribution is -2.24. The molecule has 100 valence electrons. The summed E-state index contributed by atoms with van der Waals surface area (Å²) in [4.78, 5) is 0. The Labute approximate surface area is 127 Å². The Morgan fingerprint density at radius 1 is 1.16 bits per heavy atom. The molecule has 0 aromatic heterocycles. The van der Waals surface area contributed by atoms with Crippen LogP contribution >= 0.6 is 22.6 Å². The fourth-order valence-corrected chi connectivity index (χ4v) is 2.66. The number of halogens is 2. The minimum atomic E-state index is -0.157. The lowest BCUT2D eigenvalue weighted by Gasteiger charge is -2.20. The Morgan fingerprint density at radius 2 is 1.95 bits per heavy atom. The molecular weight excluding hydrogens is 352 g/mol. The molecule has 1 N–H and O–H groups in total. The number of hydrogen-bond acceptors (Lipinski definition) is 1. The van der Waals surface area contributed by atoms with E-state index in [9.17, 15) is 4.39 Å². The third kappa shape index (κ3) is 3.76. The Balaban J connectivity index is 2.38. The van der Waals surface area contributed by atoms with Crippen molar-refractivity contribution < 1.29 is 4.39 Å². The Hall–Kier alpha value is -0.940. The number of rotatable bonds is 5. The normalized spacial score (nSPS) is 12.4. The van der Waals surface area contributed by atoms with Gasteiger partial charge in [0.2, 0.25) is 0 Å². The highest BCUT2D eigenvalue weighted by Gasteiger charge is 2.16. The molecule has 0 aliphatic rings. The molecule has 0 radical (unpaired) electrons. The van der Waals surface area contributed by atoms with Gasteiger partial charge in [-0.05, 0) is 59.3 Å². The predicted molar refractivity (Wildman–Crippen MR) is 85.7 cm³/mol. The van der Waals surface area contributed by atoms with Gasteiger partial charge in [-0.2, -0.15) is 0 Å². The van der Waals surface area contributed by atoms with E-state index < -0.39 is 0 Å². The van der Waals surface area contributed by atoms with E-state index in [1.165, 1.54) is 6.07 Å². The van der Waals surface area contributed by atoms with E-state index in [-0.39, 0.29) is 11.9 Å². The van der Waals surface area contributed by atoms with E-state index in [4.69, 9.17) is 0 Å². The molecule has 0 aliphatic heterocycles. The second-order valence-corrected chi connectivity index (χ2v) is 5.71. The number of hydrogen-bond donors (Lipinski definition) is 1. The highest BCUT2D eigenvalue weighted by molar-refractivity contribution is 14.1. The third-order valence-electron chi connectivity index (χ3n) is 3.00. The van der Waals surface area contributed by atoms with E-state index in [0.29, 0.717) is 5.56 Å². The standard InChI is InChI=1S/C16H17FIN/c1-2-10-19-16(12-6-5-7-13(18)11-12)14-8-3-4-9-15(14)17/h3-9,11,16,19H,2,10H2,1H3. The van der Waals surface area contributed by atoms with E-state index >= 15 is 0 Å². The van der Waals surface area contributed by atoms with Crippen molar-refractivity contribution in [3.8, 4) is 0 Å². The van der Waals surface area contributed by atoms with Gasteiger partial charge in [-0.15, -0.1) is 0 Å². The highest BCUT2D eigenvalue weighted by Crippen LogP contribution is 2.25. The monoisotopic (exact) mass is 369 g/mol. The van der Waals surface area contributed by atoms with Crippen molar-refractivity contribution in [1.29, 1.82) is 0 Å². The van der Waals surface area contributed by atoms with Crippen LogP contribution in [0.3, 0.4) is 0 Å². The molecule has 0 bridgehead atoms. The van der Waals surface area contributed by atoms with Gasteiger partial charge in [0.15, 0.2) is 0 Å². The first-order valence-electron chi connectivity index (χ1n) is 6.45. The summed E-state index contributed by atoms with van der Waals surface area (Å²) in [5.41, 5.74) is 1.81. The topological polar surface area (TPSA) is 12.0 Å². The smallest absolute Gasteiger partial charge is 0.128 e. The fraction of sp³-hybridized carbons (Fsp3) is 0.250. The average molecular weight is 369 g/mol. The minimum absolute atomic E-state index is 0.0872. The van der Waals surface area contributed by atoms with E-state index in [0.717, 1.165) is 22.1 Å². The molecule has 1 unspecified atom stereocenters. The number of benzene rings is 2. The minimum Gasteiger partial charge on any atom is -0.306 e. The van der Waals surface area contributed by atoms with Crippen molar-refractivity contribution in [1.82, 2.24) is 5.32 Å². The molecule has 0 amide bonds. The summed E-state index contributed by atoms with van der Waals surface area (Å²) in [7, 11) is 0. The summed E-state index contributed by atoms with van der Waals surface area (Å²) >= 11 is 2.28. The molecular formula is C16H17FIN. The average Bonchev–Trinajstić information content (AvgIpc) is 2.41. The first kappa shape index (κ1) is 14.5. The Kier molecular flexibility index (Phi) is 5.34. The van der Waals surface area contributed by atoms with Gasteiger partial charge in [0, 0.05) is 9.13 Å². The lowest BCUT2D eigenvalue weighted by atomic mass is 9.98. The Morgan fingerprint density at radius 3 is 2.63 bits per heavy atom. The molecule has 0 saturated heterocycles. The van der Waals surface area contributed by atoms with Crippen molar-refractivity contribution in [3.63, 3.8) is 0 Å². The van der Waals surface area contributed by atoms with Crippen molar-refractivity contribution >= 4 is 22.6 Å². The molecule has 2 rings (SSSR count). The van der Waals surface area contributed by atoms with Crippen molar-refractivity contribution in [2.24, 2.45) is 0 Å². The van der Waals surface area contributed by atoms with Crippen LogP contribution in [0.25, 0.3) is 0 Å². The maximum atomic E-state index is 14.0. The van der Waals surface area contributed by atoms with Crippen LogP contribution in [-0.4, -0.2) is 6.54 Å². The molecule has 0 heterocycles. The van der Waals surface area contributed by atoms with Crippen molar-refractivity contribution in [2.45, 2.75) is 19.4 Å². The first-order valence-corrected chi connectivity index (χ1v) is 7.53. The van der Waals surface area contributed by atoms with Crippen LogP contribution in [0.2, 0.25) is 0 Å². The fourth-order valence-electron chi connectivity index (χ4n) is 2.09. The molecule has 1 nitrogen and oxygen atoms in total. The molecule has 2 aromatic carbocycles. The van der Waals surface area contributed by atoms with Gasteiger partial charge in [0.05, 0.1) is 6.04 Å². The molecule has 1 atom stereocenters. The molecule has 3 heteroatoms. The maximum absolute atomic E-state index is 14.0. The molecule has 19 heavy (non-hydrogen) atoms. The molecule has 2 aromatic rings. The van der Waals surface area contributed by atoms with Crippen LogP contribution in [0.15, 0.2) is 48.5 Å². The summed E-state index contributed by atoms with van der Waals surface area (Å²) in [5.74, 6) is -0.157. The summed E-state index contributed by atoms with van der Waals surface area (Å²) in [6.45, 7) is 2.98. The van der Waals surface area contributed by atoms with Crippen LogP contribution in [0.4, 0.5) is 4.39 Å². The van der Waals surface area contributed by atoms with Crippen LogP contribution in [0, 0.1) is 9.39 Å². The van der Waals surface area contributed by atoms with Gasteiger partial charge < -0.3 is 5.32 Å². The highest BCUT2D eigenvalue weighted by atomic mass is 127. The Bertz CT molecular complexity index is 542. The zero-order valence-corrected chi connectivity index (χ0v) is 13.0. The third-order valence-corrected chi connectivity index (χ3v) is 3.67. The summed E-state index contributed by atoms with van der Waals surface area (Å²) in [5, 5.41) is 3.43. The van der Waals surface area contributed by atoms with Crippen LogP contribution in [0.1, 0.15) is 30.5 Å². The van der Waals surface area contributed by atoms with Crippen LogP contribution < -0.4 is 5.32 Å². The van der Waals surface area contributed by atoms with E-state index in [1.807, 2.05) is 30.3 Å². The van der Waals surface area contributed by atoms with E-state index in [2.05, 4.69) is 40.9 Å². The van der Waals surface area contributed by atoms with Gasteiger partial charge in [0.25, 0.3) is 0 Å². The SMILES string of the molecule is CCCNC(c1cccc(I)c1)c1ccccc1F. The second kappa shape index (κ2) is 7.01. The first-order chi connectivity index (χ1) is 9.22. The summed E-state index contributed by atoms with van der Waals surface area (Å²) in [6, 6.07) is 15.1. The molecule has 0 spiro atoms. The second-order valence-electron chi connectivity index (χ2n) is 4.46. The lowest BCUT2D eigenvalue weighted by molar-refractivity contribution is 0.546. The molecule has 0 aliphatic carbocycles. The zero-order valence-electron chi connectivity index (χ0n) is 10.9. The van der Waals surface area contributed by atoms with Gasteiger partial charge in [-0.3, -0.25) is 0 Å². The number of nitrogens with one attached hydrogen (secondary N) is 1. The van der Waals surface area contributed by atoms with Gasteiger partial charge in [-0.1, -0.05) is 37.3 Å². The van der Waals surface area contributed by atoms with E-state index in [1.54, 1.807) is 6.07 Å². The molecule has 0 fully saturated rings. The van der Waals surface area contributed by atoms with Gasteiger partial charge in [0.1, 0.15) is 5.82 Å². The molecule has 0 saturated carbocycles. The predicted octanol–water partition coefficient (Wildman–Crippen LogP) is 4.52. The van der Waals surface area contributed by atoms with Crippen LogP contribution in [-0.2, 0) is 0 Å². The van der Waals surface area contributed by atoms with Crippen LogP contribution in [0.5, 0.6) is 0 Å². The maximum Gasteiger partial charge on any atom is 0.128 e. The van der Waals surface area contributed by atoms with Gasteiger partial charge >= 0.3 is 0 Å². The largest absolute Gasteiger partial charge is 0.306 e. The van der Waals surface area contributed by atoms with Gasteiger partial charge in [-0.25, -0.2) is 4.39 Å². The van der Waals surface area contributed by atoms with Crippen molar-refractivity contribution in [3.05, 3.63) is 69.0 Å².